The number of rotatable bonds is 10. The molecule has 1 amide bonds. The van der Waals surface area contributed by atoms with E-state index in [9.17, 15) is 9.59 Å². The number of nitrogens with one attached hydrogen (secondary N) is 1. The van der Waals surface area contributed by atoms with Gasteiger partial charge in [-0.15, -0.1) is 0 Å². The minimum absolute atomic E-state index is 0.0177. The largest absolute Gasteiger partial charge is 0.493 e. The van der Waals surface area contributed by atoms with Crippen LogP contribution in [-0.4, -0.2) is 60.9 Å². The molecule has 8 rings (SSSR count). The third-order valence-corrected chi connectivity index (χ3v) is 10.8. The Balaban J connectivity index is 0.887. The number of fused-ring (bicyclic) bond motifs is 4. The van der Waals surface area contributed by atoms with Gasteiger partial charge in [0.2, 0.25) is 0 Å². The summed E-state index contributed by atoms with van der Waals surface area (Å²) in [5.41, 5.74) is 9.93. The minimum Gasteiger partial charge on any atom is -0.493 e. The monoisotopic (exact) mass is 748 g/mol. The topological polar surface area (TPSA) is 102 Å². The molecule has 0 radical (unpaired) electrons. The standard InChI is InChI=1S/C47H48N4O5/c1-28-8-10-31(11-9-28)34-20-36-26-49-41-23-42(29(2)18-39(41)46(53)51(36)27-34)55-16-7-17-56-44-24-40-38(22-43(44)54-6)45(52)37-21-32(19-33(37)25-48-40)30-12-14-35(15-13-30)50-47(3,4)5/h8-15,18,21-27,33,36-37,50H,7,16-17,19-20H2,1-6H3/t33-,36-,37?/m0/s1. The second-order valence-electron chi connectivity index (χ2n) is 16.2. The summed E-state index contributed by atoms with van der Waals surface area (Å²) in [6.07, 6.45) is 9.92. The summed E-state index contributed by atoms with van der Waals surface area (Å²) < 4.78 is 18.0. The van der Waals surface area contributed by atoms with Crippen LogP contribution < -0.4 is 19.5 Å². The first-order valence-electron chi connectivity index (χ1n) is 19.4. The lowest BCUT2D eigenvalue weighted by Gasteiger charge is -2.22. The van der Waals surface area contributed by atoms with Crippen LogP contribution in [0.2, 0.25) is 0 Å². The quantitative estimate of drug-likeness (QED) is 0.162. The van der Waals surface area contributed by atoms with Gasteiger partial charge in [-0.3, -0.25) is 19.6 Å². The van der Waals surface area contributed by atoms with Gasteiger partial charge in [0.25, 0.3) is 5.91 Å². The van der Waals surface area contributed by atoms with Gasteiger partial charge in [-0.2, -0.15) is 0 Å². The van der Waals surface area contributed by atoms with Crippen molar-refractivity contribution in [1.29, 1.82) is 0 Å². The summed E-state index contributed by atoms with van der Waals surface area (Å²) in [4.78, 5) is 38.9. The Labute approximate surface area is 328 Å². The van der Waals surface area contributed by atoms with Crippen molar-refractivity contribution in [3.8, 4) is 17.2 Å². The molecule has 4 aromatic rings. The number of hydrogen-bond donors (Lipinski definition) is 1. The Bertz CT molecular complexity index is 2310. The Morgan fingerprint density at radius 3 is 2.16 bits per heavy atom. The van der Waals surface area contributed by atoms with Gasteiger partial charge in [0, 0.05) is 72.2 Å². The van der Waals surface area contributed by atoms with Gasteiger partial charge in [-0.05, 0) is 93.1 Å². The Kier molecular flexibility index (Phi) is 9.87. The van der Waals surface area contributed by atoms with Crippen LogP contribution in [-0.2, 0) is 0 Å². The molecule has 0 fully saturated rings. The average molecular weight is 749 g/mol. The maximum Gasteiger partial charge on any atom is 0.260 e. The van der Waals surface area contributed by atoms with Gasteiger partial charge in [-0.1, -0.05) is 48.0 Å². The molecule has 286 valence electrons. The van der Waals surface area contributed by atoms with Crippen molar-refractivity contribution in [2.45, 2.75) is 65.5 Å². The maximum absolute atomic E-state index is 13.9. The summed E-state index contributed by atoms with van der Waals surface area (Å²) >= 11 is 0. The summed E-state index contributed by atoms with van der Waals surface area (Å²) in [6.45, 7) is 11.2. The van der Waals surface area contributed by atoms with Crippen molar-refractivity contribution in [3.63, 3.8) is 0 Å². The number of aryl methyl sites for hydroxylation is 2. The molecule has 1 aliphatic carbocycles. The molecule has 1 N–H and O–H groups in total. The highest BCUT2D eigenvalue weighted by Crippen LogP contribution is 2.44. The number of anilines is 1. The van der Waals surface area contributed by atoms with E-state index < -0.39 is 0 Å². The van der Waals surface area contributed by atoms with E-state index in [1.165, 1.54) is 5.56 Å². The van der Waals surface area contributed by atoms with Gasteiger partial charge in [-0.25, -0.2) is 0 Å². The van der Waals surface area contributed by atoms with Gasteiger partial charge < -0.3 is 24.4 Å². The van der Waals surface area contributed by atoms with Crippen molar-refractivity contribution >= 4 is 52.3 Å². The highest BCUT2D eigenvalue weighted by atomic mass is 16.5. The molecule has 4 aliphatic rings. The van der Waals surface area contributed by atoms with Crippen molar-refractivity contribution < 1.29 is 23.8 Å². The summed E-state index contributed by atoms with van der Waals surface area (Å²) in [5, 5.41) is 3.50. The molecular weight excluding hydrogens is 701 g/mol. The molecule has 3 atom stereocenters. The lowest BCUT2D eigenvalue weighted by molar-refractivity contribution is 0.0817. The lowest BCUT2D eigenvalue weighted by Crippen LogP contribution is -2.32. The molecule has 9 nitrogen and oxygen atoms in total. The number of carbonyl (C=O) groups is 2. The molecular formula is C47H48N4O5. The number of hydrogen-bond acceptors (Lipinski definition) is 8. The number of methoxy groups -OCH3 is 1. The van der Waals surface area contributed by atoms with Crippen LogP contribution in [0.1, 0.15) is 83.0 Å². The zero-order valence-corrected chi connectivity index (χ0v) is 32.9. The highest BCUT2D eigenvalue weighted by molar-refractivity contribution is 6.08. The Hall–Kier alpha value is -5.96. The van der Waals surface area contributed by atoms with E-state index in [0.717, 1.165) is 46.4 Å². The molecule has 0 saturated heterocycles. The molecule has 3 heterocycles. The van der Waals surface area contributed by atoms with Crippen LogP contribution in [0, 0.1) is 25.7 Å². The molecule has 0 bridgehead atoms. The third-order valence-electron chi connectivity index (χ3n) is 10.8. The van der Waals surface area contributed by atoms with Gasteiger partial charge in [0.05, 0.1) is 43.3 Å². The normalized spacial score (nSPS) is 19.6. The SMILES string of the molecule is COc1cc2c(cc1OCCCOc1cc3c(cc1C)C(=O)N1C=C(c4ccc(C)cc4)C[C@H]1C=N3)N=C[C@@H]1CC(c3ccc(NC(C)(C)C)cc3)=CC1C2=O. The summed E-state index contributed by atoms with van der Waals surface area (Å²) in [6, 6.07) is 24.0. The number of amides is 1. The fourth-order valence-electron chi connectivity index (χ4n) is 7.87. The van der Waals surface area contributed by atoms with Crippen LogP contribution in [0.15, 0.2) is 95.1 Å². The number of Topliss-reactive ketones (excluding diaryl/α,β-unsaturated/α-hetero) is 1. The predicted molar refractivity (Wildman–Crippen MR) is 224 cm³/mol. The number of allylic oxidation sites excluding steroid dienone is 2. The van der Waals surface area contributed by atoms with Crippen LogP contribution >= 0.6 is 0 Å². The first-order chi connectivity index (χ1) is 26.9. The third kappa shape index (κ3) is 7.50. The lowest BCUT2D eigenvalue weighted by atomic mass is 9.89. The Morgan fingerprint density at radius 1 is 0.768 bits per heavy atom. The maximum atomic E-state index is 13.9. The second-order valence-corrected chi connectivity index (χ2v) is 16.2. The number of benzene rings is 4. The fourth-order valence-corrected chi connectivity index (χ4v) is 7.87. The number of ketones is 1. The van der Waals surface area contributed by atoms with E-state index in [1.54, 1.807) is 24.1 Å². The molecule has 4 aromatic carbocycles. The first kappa shape index (κ1) is 37.0. The zero-order chi connectivity index (χ0) is 39.1. The number of nitrogens with zero attached hydrogens (tertiary/aromatic N) is 3. The molecule has 1 unspecified atom stereocenters. The molecule has 0 spiro atoms. The van der Waals surface area contributed by atoms with Crippen molar-refractivity contribution in [1.82, 2.24) is 4.90 Å². The van der Waals surface area contributed by atoms with E-state index in [1.807, 2.05) is 37.7 Å². The van der Waals surface area contributed by atoms with Crippen molar-refractivity contribution in [2.75, 3.05) is 25.6 Å². The molecule has 3 aliphatic heterocycles. The molecule has 0 aromatic heterocycles. The van der Waals surface area contributed by atoms with Gasteiger partial charge in [0.15, 0.2) is 17.3 Å². The summed E-state index contributed by atoms with van der Waals surface area (Å²) in [7, 11) is 1.58. The van der Waals surface area contributed by atoms with Gasteiger partial charge in [0.1, 0.15) is 5.75 Å². The van der Waals surface area contributed by atoms with Crippen molar-refractivity contribution in [2.24, 2.45) is 21.8 Å². The number of ether oxygens (including phenoxy) is 3. The fraction of sp³-hybridized carbons (Fsp3) is 0.319. The van der Waals surface area contributed by atoms with Crippen LogP contribution in [0.25, 0.3) is 11.1 Å². The zero-order valence-electron chi connectivity index (χ0n) is 32.9. The van der Waals surface area contributed by atoms with Crippen LogP contribution in [0.5, 0.6) is 17.2 Å². The number of carbonyl (C=O) groups excluding carboxylic acids is 2. The molecule has 9 heteroatoms. The average Bonchev–Trinajstić information content (AvgIpc) is 3.75. The smallest absolute Gasteiger partial charge is 0.260 e. The van der Waals surface area contributed by atoms with Gasteiger partial charge >= 0.3 is 0 Å². The molecule has 56 heavy (non-hydrogen) atoms. The Morgan fingerprint density at radius 2 is 1.43 bits per heavy atom. The molecule has 0 saturated carbocycles. The number of aliphatic imine (C=N–C) groups is 2. The first-order valence-corrected chi connectivity index (χ1v) is 19.4. The van der Waals surface area contributed by atoms with Crippen molar-refractivity contribution in [3.05, 3.63) is 118 Å². The van der Waals surface area contributed by atoms with Crippen LogP contribution in [0.4, 0.5) is 17.1 Å². The van der Waals surface area contributed by atoms with Crippen LogP contribution in [0.3, 0.4) is 0 Å². The van der Waals surface area contributed by atoms with E-state index >= 15 is 0 Å². The van der Waals surface area contributed by atoms with E-state index in [0.29, 0.717) is 59.4 Å². The van der Waals surface area contributed by atoms with E-state index in [-0.39, 0.29) is 35.1 Å². The minimum atomic E-state index is -0.290. The predicted octanol–water partition coefficient (Wildman–Crippen LogP) is 9.96. The van der Waals surface area contributed by atoms with E-state index in [4.69, 9.17) is 24.2 Å². The van der Waals surface area contributed by atoms with E-state index in [2.05, 4.69) is 87.6 Å². The second kappa shape index (κ2) is 14.9. The summed E-state index contributed by atoms with van der Waals surface area (Å²) in [5.74, 6) is 1.36. The highest BCUT2D eigenvalue weighted by Gasteiger charge is 2.37.